The number of aromatic hydroxyl groups is 1. The summed E-state index contributed by atoms with van der Waals surface area (Å²) in [6.45, 7) is 1.64. The van der Waals surface area contributed by atoms with Gasteiger partial charge in [0.15, 0.2) is 17.3 Å². The predicted octanol–water partition coefficient (Wildman–Crippen LogP) is 1.53. The maximum atomic E-state index is 12.7. The van der Waals surface area contributed by atoms with Crippen LogP contribution in [0, 0.1) is 0 Å². The van der Waals surface area contributed by atoms with Crippen molar-refractivity contribution in [2.24, 2.45) is 0 Å². The van der Waals surface area contributed by atoms with Gasteiger partial charge in [-0.2, -0.15) is 0 Å². The Kier molecular flexibility index (Phi) is 7.42. The molecule has 28 heavy (non-hydrogen) atoms. The maximum Gasteiger partial charge on any atom is 0.342 e. The van der Waals surface area contributed by atoms with Gasteiger partial charge in [0.05, 0.1) is 20.3 Å². The first-order valence-corrected chi connectivity index (χ1v) is 9.04. The summed E-state index contributed by atoms with van der Waals surface area (Å²) in [7, 11) is 2.82. The van der Waals surface area contributed by atoms with Crippen LogP contribution < -0.4 is 9.47 Å². The third-order valence-electron chi connectivity index (χ3n) is 4.59. The van der Waals surface area contributed by atoms with E-state index in [9.17, 15) is 24.9 Å². The number of rotatable bonds is 2. The van der Waals surface area contributed by atoms with Crippen molar-refractivity contribution in [1.82, 2.24) is 0 Å². The van der Waals surface area contributed by atoms with Gasteiger partial charge in [-0.15, -0.1) is 0 Å². The molecule has 0 unspecified atom stereocenters. The second kappa shape index (κ2) is 9.57. The van der Waals surface area contributed by atoms with Crippen molar-refractivity contribution in [2.45, 2.75) is 50.9 Å². The molecule has 3 atom stereocenters. The van der Waals surface area contributed by atoms with Crippen LogP contribution in [0.1, 0.15) is 42.1 Å². The minimum atomic E-state index is -1.53. The number of aliphatic hydroxyl groups is 2. The van der Waals surface area contributed by atoms with Gasteiger partial charge >= 0.3 is 5.97 Å². The lowest BCUT2D eigenvalue weighted by molar-refractivity contribution is -0.128. The lowest BCUT2D eigenvalue weighted by Crippen LogP contribution is -2.33. The van der Waals surface area contributed by atoms with Gasteiger partial charge in [-0.05, 0) is 32.3 Å². The molecule has 0 saturated heterocycles. The first kappa shape index (κ1) is 21.7. The zero-order valence-electron chi connectivity index (χ0n) is 16.2. The van der Waals surface area contributed by atoms with Gasteiger partial charge < -0.3 is 29.5 Å². The van der Waals surface area contributed by atoms with E-state index in [2.05, 4.69) is 0 Å². The summed E-state index contributed by atoms with van der Waals surface area (Å²) in [5, 5.41) is 30.5. The number of methoxy groups -OCH3 is 2. The van der Waals surface area contributed by atoms with Crippen molar-refractivity contribution in [3.8, 4) is 17.2 Å². The topological polar surface area (TPSA) is 123 Å². The van der Waals surface area contributed by atoms with Crippen LogP contribution in [0.25, 0.3) is 0 Å². The SMILES string of the molecule is COc1cc(O)c2c(c1OC)CCC[C@H](O)[C@H](O)C(=O)/C=C\C[C@H](C)OC2=O. The van der Waals surface area contributed by atoms with Gasteiger partial charge in [0.1, 0.15) is 23.5 Å². The lowest BCUT2D eigenvalue weighted by atomic mass is 9.96. The number of cyclic esters (lactones) is 1. The number of fused-ring (bicyclic) bond motifs is 1. The van der Waals surface area contributed by atoms with E-state index in [-0.39, 0.29) is 42.1 Å². The van der Waals surface area contributed by atoms with Crippen molar-refractivity contribution in [1.29, 1.82) is 0 Å². The van der Waals surface area contributed by atoms with Crippen LogP contribution >= 0.6 is 0 Å². The van der Waals surface area contributed by atoms with Crippen molar-refractivity contribution < 1.29 is 39.1 Å². The molecule has 0 radical (unpaired) electrons. The average molecular weight is 394 g/mol. The maximum absolute atomic E-state index is 12.7. The second-order valence-corrected chi connectivity index (χ2v) is 6.65. The molecule has 1 aromatic rings. The number of ketones is 1. The molecule has 0 saturated carbocycles. The molecular formula is C20H26O8. The monoisotopic (exact) mass is 394 g/mol. The number of ether oxygens (including phenoxy) is 3. The first-order chi connectivity index (χ1) is 13.3. The number of benzene rings is 1. The highest BCUT2D eigenvalue weighted by Gasteiger charge is 2.28. The van der Waals surface area contributed by atoms with Crippen LogP contribution in [0.5, 0.6) is 17.2 Å². The Hall–Kier alpha value is -2.58. The van der Waals surface area contributed by atoms with Gasteiger partial charge in [-0.25, -0.2) is 4.79 Å². The Morgan fingerprint density at radius 3 is 2.54 bits per heavy atom. The fraction of sp³-hybridized carbons (Fsp3) is 0.500. The standard InChI is InChI=1S/C20H26O8/c1-11-6-4-8-13(21)18(24)14(22)9-5-7-12-17(20(25)28-11)15(23)10-16(26-2)19(12)27-3/h4,8,10-11,14,18,22-24H,5-7,9H2,1-3H3/b8-4-/t11-,14-,18+/m0/s1. The van der Waals surface area contributed by atoms with Crippen LogP contribution in [-0.2, 0) is 16.0 Å². The molecule has 8 heteroatoms. The number of hydrogen-bond acceptors (Lipinski definition) is 8. The Morgan fingerprint density at radius 1 is 1.18 bits per heavy atom. The summed E-state index contributed by atoms with van der Waals surface area (Å²) in [4.78, 5) is 24.6. The molecule has 0 aliphatic carbocycles. The molecule has 8 nitrogen and oxygen atoms in total. The minimum Gasteiger partial charge on any atom is -0.507 e. The normalized spacial score (nSPS) is 25.2. The number of carbonyl (C=O) groups is 2. The van der Waals surface area contributed by atoms with E-state index in [1.807, 2.05) is 0 Å². The van der Waals surface area contributed by atoms with Crippen molar-refractivity contribution in [3.05, 3.63) is 29.3 Å². The van der Waals surface area contributed by atoms with Gasteiger partial charge in [-0.1, -0.05) is 6.08 Å². The molecule has 0 aromatic heterocycles. The zero-order chi connectivity index (χ0) is 20.8. The fourth-order valence-electron chi connectivity index (χ4n) is 3.12. The number of phenolic OH excluding ortho intramolecular Hbond substituents is 1. The number of carbonyl (C=O) groups excluding carboxylic acids is 2. The lowest BCUT2D eigenvalue weighted by Gasteiger charge is -2.21. The summed E-state index contributed by atoms with van der Waals surface area (Å²) in [6.07, 6.45) is 0.142. The molecule has 0 bridgehead atoms. The van der Waals surface area contributed by atoms with Crippen LogP contribution in [0.4, 0.5) is 0 Å². The Morgan fingerprint density at radius 2 is 1.89 bits per heavy atom. The molecule has 154 valence electrons. The molecule has 1 aromatic carbocycles. The van der Waals surface area contributed by atoms with Crippen LogP contribution in [0.2, 0.25) is 0 Å². The Balaban J connectivity index is 2.49. The second-order valence-electron chi connectivity index (χ2n) is 6.65. The van der Waals surface area contributed by atoms with Gasteiger partial charge in [-0.3, -0.25) is 4.79 Å². The molecule has 1 heterocycles. The van der Waals surface area contributed by atoms with Crippen LogP contribution in [0.15, 0.2) is 18.2 Å². The predicted molar refractivity (Wildman–Crippen MR) is 99.8 cm³/mol. The molecule has 1 aliphatic rings. The van der Waals surface area contributed by atoms with E-state index in [1.165, 1.54) is 32.4 Å². The molecule has 2 rings (SSSR count). The van der Waals surface area contributed by atoms with E-state index >= 15 is 0 Å². The highest BCUT2D eigenvalue weighted by molar-refractivity contribution is 5.96. The summed E-state index contributed by atoms with van der Waals surface area (Å²) in [6, 6.07) is 1.28. The molecule has 0 amide bonds. The van der Waals surface area contributed by atoms with Crippen LogP contribution in [0.3, 0.4) is 0 Å². The quantitative estimate of drug-likeness (QED) is 0.646. The summed E-state index contributed by atoms with van der Waals surface area (Å²) in [5.41, 5.74) is 0.342. The van der Waals surface area contributed by atoms with Gasteiger partial charge in [0, 0.05) is 18.1 Å². The number of aliphatic hydroxyl groups excluding tert-OH is 2. The summed E-state index contributed by atoms with van der Waals surface area (Å²) >= 11 is 0. The van der Waals surface area contributed by atoms with Gasteiger partial charge in [0.2, 0.25) is 0 Å². The number of hydrogen-bond donors (Lipinski definition) is 3. The van der Waals surface area contributed by atoms with E-state index in [0.29, 0.717) is 12.0 Å². The average Bonchev–Trinajstić information content (AvgIpc) is 2.65. The molecule has 0 fully saturated rings. The van der Waals surface area contributed by atoms with Gasteiger partial charge in [0.25, 0.3) is 0 Å². The molecular weight excluding hydrogens is 368 g/mol. The Labute approximate surface area is 163 Å². The zero-order valence-corrected chi connectivity index (χ0v) is 16.2. The highest BCUT2D eigenvalue weighted by atomic mass is 16.5. The largest absolute Gasteiger partial charge is 0.507 e. The summed E-state index contributed by atoms with van der Waals surface area (Å²) < 4.78 is 16.0. The first-order valence-electron chi connectivity index (χ1n) is 9.04. The van der Waals surface area contributed by atoms with E-state index in [1.54, 1.807) is 6.92 Å². The highest BCUT2D eigenvalue weighted by Crippen LogP contribution is 2.40. The third-order valence-corrected chi connectivity index (χ3v) is 4.59. The summed E-state index contributed by atoms with van der Waals surface area (Å²) in [5.74, 6) is -1.11. The molecule has 3 N–H and O–H groups in total. The number of phenols is 1. The molecule has 0 spiro atoms. The van der Waals surface area contributed by atoms with E-state index in [0.717, 1.165) is 0 Å². The van der Waals surface area contributed by atoms with E-state index in [4.69, 9.17) is 14.2 Å². The third kappa shape index (κ3) is 4.82. The minimum absolute atomic E-state index is 0.0309. The smallest absolute Gasteiger partial charge is 0.342 e. The van der Waals surface area contributed by atoms with Crippen molar-refractivity contribution in [2.75, 3.05) is 14.2 Å². The van der Waals surface area contributed by atoms with Crippen LogP contribution in [-0.4, -0.2) is 59.6 Å². The molecule has 1 aliphatic heterocycles. The van der Waals surface area contributed by atoms with E-state index < -0.39 is 30.1 Å². The fourth-order valence-corrected chi connectivity index (χ4v) is 3.12. The van der Waals surface area contributed by atoms with Crippen molar-refractivity contribution in [3.63, 3.8) is 0 Å². The number of esters is 1. The van der Waals surface area contributed by atoms with Crippen molar-refractivity contribution >= 4 is 11.8 Å². The Bertz CT molecular complexity index is 755.